The number of fused-ring (bicyclic) bond motifs is 3. The van der Waals surface area contributed by atoms with E-state index in [1.165, 1.54) is 11.1 Å². The fraction of sp³-hybridized carbons (Fsp3) is 0.471. The van der Waals surface area contributed by atoms with Crippen molar-refractivity contribution in [2.24, 2.45) is 11.8 Å². The summed E-state index contributed by atoms with van der Waals surface area (Å²) in [6.07, 6.45) is 6.26. The number of benzene rings is 1. The lowest BCUT2D eigenvalue weighted by molar-refractivity contribution is -0.128. The maximum atomic E-state index is 12.0. The average molecular weight is 269 g/mol. The van der Waals surface area contributed by atoms with Crippen molar-refractivity contribution in [3.05, 3.63) is 41.5 Å². The van der Waals surface area contributed by atoms with E-state index in [0.29, 0.717) is 5.92 Å². The van der Waals surface area contributed by atoms with Gasteiger partial charge in [-0.25, -0.2) is 0 Å². The minimum Gasteiger partial charge on any atom is -0.497 e. The molecule has 1 heterocycles. The molecule has 1 aliphatic heterocycles. The molecule has 1 saturated heterocycles. The largest absolute Gasteiger partial charge is 0.497 e. The molecule has 1 aromatic carbocycles. The first-order chi connectivity index (χ1) is 9.61. The van der Waals surface area contributed by atoms with Crippen LogP contribution in [0, 0.1) is 11.8 Å². The van der Waals surface area contributed by atoms with E-state index >= 15 is 0 Å². The number of carbonyl (C=O) groups is 1. The third-order valence-corrected chi connectivity index (χ3v) is 5.44. The van der Waals surface area contributed by atoms with Gasteiger partial charge < -0.3 is 10.1 Å². The summed E-state index contributed by atoms with van der Waals surface area (Å²) in [6, 6.07) is 6.61. The molecule has 1 N–H and O–H groups in total. The van der Waals surface area contributed by atoms with Crippen LogP contribution in [0.3, 0.4) is 0 Å². The van der Waals surface area contributed by atoms with Crippen molar-refractivity contribution in [1.29, 1.82) is 0 Å². The van der Waals surface area contributed by atoms with Crippen molar-refractivity contribution in [3.63, 3.8) is 0 Å². The van der Waals surface area contributed by atoms with Gasteiger partial charge in [0.05, 0.1) is 13.0 Å². The highest BCUT2D eigenvalue weighted by Crippen LogP contribution is 2.50. The van der Waals surface area contributed by atoms with E-state index < -0.39 is 0 Å². The first-order valence-corrected chi connectivity index (χ1v) is 7.29. The van der Waals surface area contributed by atoms with E-state index in [1.54, 1.807) is 7.11 Å². The second kappa shape index (κ2) is 3.87. The molecule has 1 fully saturated rings. The van der Waals surface area contributed by atoms with Crippen LogP contribution in [-0.2, 0) is 16.6 Å². The van der Waals surface area contributed by atoms with Crippen molar-refractivity contribution in [1.82, 2.24) is 5.32 Å². The lowest BCUT2D eigenvalue weighted by atomic mass is 9.56. The molecule has 0 spiro atoms. The quantitative estimate of drug-likeness (QED) is 0.794. The third kappa shape index (κ3) is 1.43. The van der Waals surface area contributed by atoms with E-state index in [4.69, 9.17) is 4.74 Å². The van der Waals surface area contributed by atoms with E-state index in [-0.39, 0.29) is 23.3 Å². The fourth-order valence-corrected chi connectivity index (χ4v) is 4.29. The molecule has 3 aliphatic rings. The van der Waals surface area contributed by atoms with Gasteiger partial charge in [0.2, 0.25) is 5.91 Å². The van der Waals surface area contributed by atoms with Gasteiger partial charge in [0, 0.05) is 11.5 Å². The van der Waals surface area contributed by atoms with Gasteiger partial charge in [-0.3, -0.25) is 4.79 Å². The Balaban J connectivity index is 1.90. The zero-order valence-electron chi connectivity index (χ0n) is 11.8. The van der Waals surface area contributed by atoms with Crippen LogP contribution in [-0.4, -0.2) is 19.1 Å². The molecule has 1 amide bonds. The highest BCUT2D eigenvalue weighted by molar-refractivity contribution is 5.82. The van der Waals surface area contributed by atoms with Crippen LogP contribution in [0.5, 0.6) is 5.75 Å². The molecular weight excluding hydrogens is 250 g/mol. The van der Waals surface area contributed by atoms with Crippen molar-refractivity contribution in [3.8, 4) is 5.75 Å². The van der Waals surface area contributed by atoms with Crippen LogP contribution in [0.25, 0.3) is 0 Å². The topological polar surface area (TPSA) is 38.3 Å². The van der Waals surface area contributed by atoms with Gasteiger partial charge in [-0.05, 0) is 42.0 Å². The molecular formula is C17H19NO2. The molecule has 4 atom stereocenters. The van der Waals surface area contributed by atoms with Gasteiger partial charge in [-0.2, -0.15) is 0 Å². The molecule has 3 nitrogen and oxygen atoms in total. The summed E-state index contributed by atoms with van der Waals surface area (Å²) in [5, 5.41) is 3.22. The lowest BCUT2D eigenvalue weighted by Gasteiger charge is -2.52. The molecule has 3 heteroatoms. The molecule has 2 bridgehead atoms. The molecule has 3 unspecified atom stereocenters. The van der Waals surface area contributed by atoms with Crippen LogP contribution < -0.4 is 10.1 Å². The number of hydrogen-bond donors (Lipinski definition) is 1. The van der Waals surface area contributed by atoms with Crippen LogP contribution >= 0.6 is 0 Å². The first kappa shape index (κ1) is 12.0. The van der Waals surface area contributed by atoms with Crippen LogP contribution in [0.2, 0.25) is 0 Å². The number of rotatable bonds is 1. The number of hydrogen-bond acceptors (Lipinski definition) is 2. The number of allylic oxidation sites excluding steroid dienone is 1. The molecule has 0 saturated carbocycles. The molecule has 2 aliphatic carbocycles. The predicted molar refractivity (Wildman–Crippen MR) is 76.7 cm³/mol. The summed E-state index contributed by atoms with van der Waals surface area (Å²) in [6.45, 7) is 2.30. The van der Waals surface area contributed by atoms with Crippen LogP contribution in [0.1, 0.15) is 24.5 Å². The number of methoxy groups -OCH3 is 1. The fourth-order valence-electron chi connectivity index (χ4n) is 4.29. The summed E-state index contributed by atoms with van der Waals surface area (Å²) < 4.78 is 5.39. The molecule has 1 aromatic rings. The Morgan fingerprint density at radius 3 is 3.05 bits per heavy atom. The van der Waals surface area contributed by atoms with Crippen molar-refractivity contribution in [2.45, 2.75) is 31.2 Å². The Morgan fingerprint density at radius 2 is 2.25 bits per heavy atom. The van der Waals surface area contributed by atoms with Crippen molar-refractivity contribution in [2.75, 3.05) is 7.11 Å². The average Bonchev–Trinajstić information content (AvgIpc) is 2.46. The van der Waals surface area contributed by atoms with Gasteiger partial charge >= 0.3 is 0 Å². The Morgan fingerprint density at radius 1 is 1.40 bits per heavy atom. The highest BCUT2D eigenvalue weighted by atomic mass is 16.5. The van der Waals surface area contributed by atoms with Crippen LogP contribution in [0.15, 0.2) is 30.4 Å². The van der Waals surface area contributed by atoms with Crippen LogP contribution in [0.4, 0.5) is 0 Å². The number of carbonyl (C=O) groups excluding carboxylic acids is 1. The van der Waals surface area contributed by atoms with E-state index in [1.807, 2.05) is 6.07 Å². The molecule has 20 heavy (non-hydrogen) atoms. The minimum absolute atomic E-state index is 0.0109. The summed E-state index contributed by atoms with van der Waals surface area (Å²) in [5.41, 5.74) is 2.71. The smallest absolute Gasteiger partial charge is 0.227 e. The normalized spacial score (nSPS) is 37.1. The van der Waals surface area contributed by atoms with E-state index in [9.17, 15) is 4.79 Å². The Hall–Kier alpha value is -1.77. The second-order valence-corrected chi connectivity index (χ2v) is 6.43. The van der Waals surface area contributed by atoms with Gasteiger partial charge in [-0.1, -0.05) is 25.1 Å². The Kier molecular flexibility index (Phi) is 2.33. The first-order valence-electron chi connectivity index (χ1n) is 7.29. The van der Waals surface area contributed by atoms with E-state index in [0.717, 1.165) is 18.6 Å². The highest BCUT2D eigenvalue weighted by Gasteiger charge is 2.50. The number of nitrogens with one attached hydrogen (secondary N) is 1. The lowest BCUT2D eigenvalue weighted by Crippen LogP contribution is -2.59. The third-order valence-electron chi connectivity index (χ3n) is 5.44. The number of amides is 1. The number of ether oxygens (including phenoxy) is 1. The van der Waals surface area contributed by atoms with Crippen molar-refractivity contribution >= 4 is 5.91 Å². The summed E-state index contributed by atoms with van der Waals surface area (Å²) in [4.78, 5) is 12.0. The van der Waals surface area contributed by atoms with E-state index in [2.05, 4.69) is 36.5 Å². The summed E-state index contributed by atoms with van der Waals surface area (Å²) >= 11 is 0. The van der Waals surface area contributed by atoms with Gasteiger partial charge in [0.25, 0.3) is 0 Å². The second-order valence-electron chi connectivity index (χ2n) is 6.43. The minimum atomic E-state index is 0.0109. The van der Waals surface area contributed by atoms with Crippen molar-refractivity contribution < 1.29 is 9.53 Å². The van der Waals surface area contributed by atoms with Gasteiger partial charge in [-0.15, -0.1) is 0 Å². The summed E-state index contributed by atoms with van der Waals surface area (Å²) in [7, 11) is 1.71. The molecule has 104 valence electrons. The zero-order valence-corrected chi connectivity index (χ0v) is 11.8. The maximum Gasteiger partial charge on any atom is 0.227 e. The molecule has 0 aromatic heterocycles. The molecule has 4 rings (SSSR count). The number of piperidine rings is 1. The van der Waals surface area contributed by atoms with Gasteiger partial charge in [0.1, 0.15) is 5.75 Å². The Bertz CT molecular complexity index is 621. The summed E-state index contributed by atoms with van der Waals surface area (Å²) in [5.74, 6) is 1.67. The predicted octanol–water partition coefficient (Wildman–Crippen LogP) is 2.20. The Labute approximate surface area is 119 Å². The SMILES string of the molecule is COc1ccc2c(c1)[C@]1(C)C=CC3CC1C(C2)NC3=O. The van der Waals surface area contributed by atoms with Gasteiger partial charge in [0.15, 0.2) is 0 Å². The monoisotopic (exact) mass is 269 g/mol. The zero-order chi connectivity index (χ0) is 13.9. The molecule has 0 radical (unpaired) electrons. The standard InChI is InChI=1S/C17H19NO2/c1-17-6-5-11-7-14(17)15(18-16(11)19)8-10-3-4-12(20-2)9-13(10)17/h3-6,9,11,14-15H,7-8H2,1-2H3,(H,18,19)/t11?,14?,15?,17-/m0/s1. The maximum absolute atomic E-state index is 12.0.